The molecule has 1 aliphatic rings. The van der Waals surface area contributed by atoms with Crippen molar-refractivity contribution in [2.45, 2.75) is 52.4 Å². The first-order valence-electron chi connectivity index (χ1n) is 6.88. The third kappa shape index (κ3) is 2.46. The first kappa shape index (κ1) is 12.4. The second kappa shape index (κ2) is 5.52. The van der Waals surface area contributed by atoms with Gasteiger partial charge in [0.15, 0.2) is 5.78 Å². The molecule has 1 aromatic rings. The number of carbonyl (C=O) groups excluding carboxylic acids is 1. The highest BCUT2D eigenvalue weighted by atomic mass is 16.3. The Hall–Kier alpha value is -1.05. The lowest BCUT2D eigenvalue weighted by Gasteiger charge is -2.29. The van der Waals surface area contributed by atoms with Crippen LogP contribution in [0.4, 0.5) is 0 Å². The van der Waals surface area contributed by atoms with E-state index in [-0.39, 0.29) is 5.92 Å². The Morgan fingerprint density at radius 1 is 1.35 bits per heavy atom. The molecule has 1 saturated carbocycles. The zero-order valence-corrected chi connectivity index (χ0v) is 10.9. The molecule has 0 spiro atoms. The van der Waals surface area contributed by atoms with Crippen molar-refractivity contribution < 1.29 is 9.21 Å². The van der Waals surface area contributed by atoms with Crippen molar-refractivity contribution >= 4 is 5.78 Å². The van der Waals surface area contributed by atoms with Gasteiger partial charge in [-0.15, -0.1) is 0 Å². The van der Waals surface area contributed by atoms with Gasteiger partial charge in [-0.05, 0) is 24.8 Å². The van der Waals surface area contributed by atoms with E-state index >= 15 is 0 Å². The zero-order valence-electron chi connectivity index (χ0n) is 10.9. The fraction of sp³-hybridized carbons (Fsp3) is 0.667. The van der Waals surface area contributed by atoms with E-state index in [1.807, 2.05) is 13.0 Å². The molecule has 2 heteroatoms. The Labute approximate surface area is 103 Å². The van der Waals surface area contributed by atoms with Crippen LogP contribution in [0.25, 0.3) is 0 Å². The average Bonchev–Trinajstić information content (AvgIpc) is 2.86. The lowest BCUT2D eigenvalue weighted by molar-refractivity contribution is 0.0818. The van der Waals surface area contributed by atoms with Crippen LogP contribution in [0.5, 0.6) is 0 Å². The molecule has 1 aromatic heterocycles. The smallest absolute Gasteiger partial charge is 0.169 e. The summed E-state index contributed by atoms with van der Waals surface area (Å²) < 4.78 is 5.37. The van der Waals surface area contributed by atoms with Crippen molar-refractivity contribution in [1.29, 1.82) is 0 Å². The largest absolute Gasteiger partial charge is 0.469 e. The molecule has 0 radical (unpaired) electrons. The Bertz CT molecular complexity index is 378. The molecule has 2 atom stereocenters. The topological polar surface area (TPSA) is 30.2 Å². The van der Waals surface area contributed by atoms with E-state index in [1.54, 1.807) is 6.26 Å². The molecule has 0 N–H and O–H groups in total. The summed E-state index contributed by atoms with van der Waals surface area (Å²) in [6.45, 7) is 4.24. The van der Waals surface area contributed by atoms with Gasteiger partial charge in [0.1, 0.15) is 5.76 Å². The first-order valence-corrected chi connectivity index (χ1v) is 6.88. The van der Waals surface area contributed by atoms with E-state index in [0.29, 0.717) is 11.7 Å². The second-order valence-corrected chi connectivity index (χ2v) is 5.03. The maximum absolute atomic E-state index is 12.5. The van der Waals surface area contributed by atoms with Crippen LogP contribution in [0.3, 0.4) is 0 Å². The molecule has 17 heavy (non-hydrogen) atoms. The predicted molar refractivity (Wildman–Crippen MR) is 68.2 cm³/mol. The highest BCUT2D eigenvalue weighted by Gasteiger charge is 2.31. The number of hydrogen-bond donors (Lipinski definition) is 0. The van der Waals surface area contributed by atoms with Crippen molar-refractivity contribution in [1.82, 2.24) is 0 Å². The summed E-state index contributed by atoms with van der Waals surface area (Å²) in [6, 6.07) is 1.85. The van der Waals surface area contributed by atoms with Gasteiger partial charge in [0.2, 0.25) is 0 Å². The number of furan rings is 1. The van der Waals surface area contributed by atoms with Gasteiger partial charge in [0.25, 0.3) is 0 Å². The van der Waals surface area contributed by atoms with Gasteiger partial charge in [-0.3, -0.25) is 4.79 Å². The van der Waals surface area contributed by atoms with Crippen LogP contribution in [0.1, 0.15) is 62.1 Å². The minimum Gasteiger partial charge on any atom is -0.469 e. The Kier molecular flexibility index (Phi) is 4.03. The van der Waals surface area contributed by atoms with Crippen LogP contribution in [-0.2, 0) is 6.42 Å². The van der Waals surface area contributed by atoms with E-state index in [4.69, 9.17) is 4.42 Å². The Morgan fingerprint density at radius 3 is 2.82 bits per heavy atom. The molecule has 1 aliphatic carbocycles. The number of carbonyl (C=O) groups is 1. The molecule has 0 bridgehead atoms. The summed E-state index contributed by atoms with van der Waals surface area (Å²) in [7, 11) is 0. The molecule has 0 aliphatic heterocycles. The lowest BCUT2D eigenvalue weighted by Crippen LogP contribution is -2.27. The van der Waals surface area contributed by atoms with Crippen molar-refractivity contribution in [3.63, 3.8) is 0 Å². The Morgan fingerprint density at radius 2 is 2.12 bits per heavy atom. The number of ketones is 1. The van der Waals surface area contributed by atoms with Crippen molar-refractivity contribution in [3.8, 4) is 0 Å². The molecule has 1 fully saturated rings. The fourth-order valence-electron chi connectivity index (χ4n) is 3.08. The fourth-order valence-corrected chi connectivity index (χ4v) is 3.08. The molecule has 1 heterocycles. The maximum atomic E-state index is 12.5. The molecular weight excluding hydrogens is 212 g/mol. The molecular formula is C15H22O2. The number of rotatable bonds is 4. The normalized spacial score (nSPS) is 24.8. The summed E-state index contributed by atoms with van der Waals surface area (Å²) in [5, 5.41) is 0. The van der Waals surface area contributed by atoms with E-state index in [0.717, 1.165) is 30.6 Å². The van der Waals surface area contributed by atoms with Gasteiger partial charge in [-0.2, -0.15) is 0 Å². The molecule has 0 saturated heterocycles. The number of hydrogen-bond acceptors (Lipinski definition) is 2. The summed E-state index contributed by atoms with van der Waals surface area (Å²) >= 11 is 0. The van der Waals surface area contributed by atoms with Crippen LogP contribution in [-0.4, -0.2) is 5.78 Å². The summed E-state index contributed by atoms with van der Waals surface area (Å²) in [5.41, 5.74) is 0.831. The van der Waals surface area contributed by atoms with E-state index in [2.05, 4.69) is 6.92 Å². The average molecular weight is 234 g/mol. The van der Waals surface area contributed by atoms with Crippen LogP contribution < -0.4 is 0 Å². The van der Waals surface area contributed by atoms with Gasteiger partial charge in [0, 0.05) is 12.3 Å². The summed E-state index contributed by atoms with van der Waals surface area (Å²) in [6.07, 6.45) is 8.33. The third-order valence-electron chi connectivity index (χ3n) is 4.10. The number of aryl methyl sites for hydroxylation is 1. The minimum atomic E-state index is 0.233. The Balaban J connectivity index is 2.18. The molecule has 94 valence electrons. The van der Waals surface area contributed by atoms with Crippen molar-refractivity contribution in [3.05, 3.63) is 23.7 Å². The standard InChI is InChI=1S/C15H22O2/c1-3-11-7-5-6-8-12(11)15(16)13-9-10-17-14(13)4-2/h9-12H,3-8H2,1-2H3. The van der Waals surface area contributed by atoms with Crippen LogP contribution in [0.2, 0.25) is 0 Å². The van der Waals surface area contributed by atoms with Gasteiger partial charge in [-0.1, -0.05) is 33.1 Å². The molecule has 2 nitrogen and oxygen atoms in total. The minimum absolute atomic E-state index is 0.233. The SMILES string of the molecule is CCc1occc1C(=O)C1CCCCC1CC. The summed E-state index contributed by atoms with van der Waals surface area (Å²) in [4.78, 5) is 12.5. The second-order valence-electron chi connectivity index (χ2n) is 5.03. The van der Waals surface area contributed by atoms with Crippen LogP contribution in [0.15, 0.2) is 16.7 Å². The third-order valence-corrected chi connectivity index (χ3v) is 4.10. The van der Waals surface area contributed by atoms with Gasteiger partial charge in [0.05, 0.1) is 11.8 Å². The summed E-state index contributed by atoms with van der Waals surface area (Å²) in [5.74, 6) is 1.99. The number of Topliss-reactive ketones (excluding diaryl/α,β-unsaturated/α-hetero) is 1. The van der Waals surface area contributed by atoms with E-state index < -0.39 is 0 Å². The van der Waals surface area contributed by atoms with E-state index in [9.17, 15) is 4.79 Å². The van der Waals surface area contributed by atoms with Gasteiger partial charge in [-0.25, -0.2) is 0 Å². The lowest BCUT2D eigenvalue weighted by atomic mass is 9.74. The monoisotopic (exact) mass is 234 g/mol. The van der Waals surface area contributed by atoms with Gasteiger partial charge < -0.3 is 4.42 Å². The van der Waals surface area contributed by atoms with Crippen LogP contribution >= 0.6 is 0 Å². The first-order chi connectivity index (χ1) is 8.27. The predicted octanol–water partition coefficient (Wildman–Crippen LogP) is 4.24. The molecule has 0 aromatic carbocycles. The quantitative estimate of drug-likeness (QED) is 0.729. The highest BCUT2D eigenvalue weighted by molar-refractivity contribution is 5.98. The van der Waals surface area contributed by atoms with Gasteiger partial charge >= 0.3 is 0 Å². The zero-order chi connectivity index (χ0) is 12.3. The molecule has 2 unspecified atom stereocenters. The van der Waals surface area contributed by atoms with Crippen molar-refractivity contribution in [2.75, 3.05) is 0 Å². The maximum Gasteiger partial charge on any atom is 0.169 e. The van der Waals surface area contributed by atoms with E-state index in [1.165, 1.54) is 19.3 Å². The highest BCUT2D eigenvalue weighted by Crippen LogP contribution is 2.35. The van der Waals surface area contributed by atoms with Crippen molar-refractivity contribution in [2.24, 2.45) is 11.8 Å². The molecule has 2 rings (SSSR count). The molecule has 0 amide bonds. The van der Waals surface area contributed by atoms with Crippen LogP contribution in [0, 0.1) is 11.8 Å².